The highest BCUT2D eigenvalue weighted by molar-refractivity contribution is 14.0. The Balaban J connectivity index is 0.00000256. The lowest BCUT2D eigenvalue weighted by molar-refractivity contribution is 0.431. The minimum absolute atomic E-state index is 0. The second kappa shape index (κ2) is 10.6. The maximum atomic E-state index is 4.51. The number of halogens is 1. The van der Waals surface area contributed by atoms with E-state index < -0.39 is 0 Å². The summed E-state index contributed by atoms with van der Waals surface area (Å²) < 4.78 is 1.89. The molecule has 0 unspecified atom stereocenters. The normalized spacial score (nSPS) is 15.4. The zero-order valence-corrected chi connectivity index (χ0v) is 19.6. The van der Waals surface area contributed by atoms with E-state index in [4.69, 9.17) is 0 Å². The molecule has 2 heterocycles. The summed E-state index contributed by atoms with van der Waals surface area (Å²) in [7, 11) is 1.82. The van der Waals surface area contributed by atoms with Gasteiger partial charge in [-0.2, -0.15) is 0 Å². The van der Waals surface area contributed by atoms with Gasteiger partial charge in [0, 0.05) is 44.1 Å². The maximum absolute atomic E-state index is 4.51. The number of hydrogen-bond acceptors (Lipinski definition) is 3. The number of hydrogen-bond donors (Lipinski definition) is 2. The maximum Gasteiger partial charge on any atom is 0.191 e. The Hall–Kier alpha value is -2.42. The van der Waals surface area contributed by atoms with Crippen molar-refractivity contribution in [2.75, 3.05) is 13.6 Å². The monoisotopic (exact) mass is 516 g/mol. The molecule has 3 aromatic rings. The quantitative estimate of drug-likeness (QED) is 0.295. The highest BCUT2D eigenvalue weighted by atomic mass is 127. The van der Waals surface area contributed by atoms with Gasteiger partial charge in [-0.3, -0.25) is 9.56 Å². The first-order valence-corrected chi connectivity index (χ1v) is 10.2. The van der Waals surface area contributed by atoms with Gasteiger partial charge in [-0.1, -0.05) is 49.2 Å². The lowest BCUT2D eigenvalue weighted by Gasteiger charge is -2.30. The molecule has 1 aliphatic carbocycles. The Kier molecular flexibility index (Phi) is 7.84. The van der Waals surface area contributed by atoms with Crippen LogP contribution in [0.3, 0.4) is 0 Å². The second-order valence-electron chi connectivity index (χ2n) is 7.63. The number of nitrogens with one attached hydrogen (secondary N) is 2. The van der Waals surface area contributed by atoms with E-state index in [1.54, 1.807) is 12.5 Å². The zero-order valence-electron chi connectivity index (χ0n) is 17.3. The van der Waals surface area contributed by atoms with Crippen molar-refractivity contribution in [2.45, 2.75) is 37.6 Å². The van der Waals surface area contributed by atoms with Crippen molar-refractivity contribution < 1.29 is 0 Å². The Morgan fingerprint density at radius 1 is 1.10 bits per heavy atom. The molecule has 0 radical (unpaired) electrons. The van der Waals surface area contributed by atoms with Gasteiger partial charge < -0.3 is 10.6 Å². The molecular formula is C23H29IN6. The molecule has 1 aliphatic rings. The molecule has 1 saturated carbocycles. The molecule has 0 atom stereocenters. The summed E-state index contributed by atoms with van der Waals surface area (Å²) in [6, 6.07) is 15.0. The van der Waals surface area contributed by atoms with E-state index in [2.05, 4.69) is 62.0 Å². The third-order valence-electron chi connectivity index (χ3n) is 5.80. The van der Waals surface area contributed by atoms with E-state index in [1.807, 2.05) is 30.1 Å². The van der Waals surface area contributed by atoms with Gasteiger partial charge in [-0.15, -0.1) is 24.0 Å². The van der Waals surface area contributed by atoms with Crippen LogP contribution in [0.25, 0.3) is 5.82 Å². The van der Waals surface area contributed by atoms with Crippen LogP contribution in [-0.2, 0) is 12.0 Å². The second-order valence-corrected chi connectivity index (χ2v) is 7.63. The molecule has 0 aliphatic heterocycles. The van der Waals surface area contributed by atoms with Crippen LogP contribution < -0.4 is 10.6 Å². The van der Waals surface area contributed by atoms with Crippen LogP contribution in [0, 0.1) is 0 Å². The highest BCUT2D eigenvalue weighted by Gasteiger charge is 2.35. The van der Waals surface area contributed by atoms with Crippen LogP contribution in [0.2, 0.25) is 0 Å². The number of nitrogens with zero attached hydrogens (tertiary/aromatic N) is 4. The van der Waals surface area contributed by atoms with Crippen LogP contribution in [0.5, 0.6) is 0 Å². The van der Waals surface area contributed by atoms with E-state index in [-0.39, 0.29) is 29.4 Å². The number of aromatic nitrogens is 3. The molecule has 30 heavy (non-hydrogen) atoms. The minimum Gasteiger partial charge on any atom is -0.356 e. The SMILES string of the molecule is CN=C(NCc1ccc(-n2ccnc2)nc1)NCC1(c2ccccc2)CCCC1.I. The van der Waals surface area contributed by atoms with Gasteiger partial charge in [-0.05, 0) is 30.0 Å². The van der Waals surface area contributed by atoms with Gasteiger partial charge in [0.2, 0.25) is 0 Å². The van der Waals surface area contributed by atoms with Crippen molar-refractivity contribution in [3.63, 3.8) is 0 Å². The summed E-state index contributed by atoms with van der Waals surface area (Å²) >= 11 is 0. The van der Waals surface area contributed by atoms with Gasteiger partial charge in [0.25, 0.3) is 0 Å². The van der Waals surface area contributed by atoms with Crippen molar-refractivity contribution in [2.24, 2.45) is 4.99 Å². The largest absolute Gasteiger partial charge is 0.356 e. The predicted molar refractivity (Wildman–Crippen MR) is 132 cm³/mol. The van der Waals surface area contributed by atoms with Crippen LogP contribution >= 0.6 is 24.0 Å². The molecule has 1 aromatic carbocycles. The highest BCUT2D eigenvalue weighted by Crippen LogP contribution is 2.40. The van der Waals surface area contributed by atoms with E-state index in [9.17, 15) is 0 Å². The zero-order chi connectivity index (χ0) is 19.9. The van der Waals surface area contributed by atoms with Gasteiger partial charge in [0.05, 0.1) is 0 Å². The molecule has 2 N–H and O–H groups in total. The van der Waals surface area contributed by atoms with E-state index in [0.717, 1.165) is 23.9 Å². The average Bonchev–Trinajstić information content (AvgIpc) is 3.48. The summed E-state index contributed by atoms with van der Waals surface area (Å²) in [5.74, 6) is 1.69. The fourth-order valence-corrected chi connectivity index (χ4v) is 4.14. The fraction of sp³-hybridized carbons (Fsp3) is 0.348. The molecule has 0 saturated heterocycles. The van der Waals surface area contributed by atoms with Gasteiger partial charge in [-0.25, -0.2) is 9.97 Å². The number of imidazole rings is 1. The van der Waals surface area contributed by atoms with E-state index >= 15 is 0 Å². The van der Waals surface area contributed by atoms with Crippen molar-refractivity contribution >= 4 is 29.9 Å². The van der Waals surface area contributed by atoms with Crippen LogP contribution in [0.15, 0.2) is 72.4 Å². The topological polar surface area (TPSA) is 67.1 Å². The van der Waals surface area contributed by atoms with Crippen molar-refractivity contribution in [1.82, 2.24) is 25.2 Å². The Morgan fingerprint density at radius 2 is 1.90 bits per heavy atom. The average molecular weight is 516 g/mol. The van der Waals surface area contributed by atoms with E-state index in [1.165, 1.54) is 31.2 Å². The summed E-state index contributed by atoms with van der Waals surface area (Å²) in [6.07, 6.45) is 12.3. The Bertz CT molecular complexity index is 916. The molecule has 4 rings (SSSR count). The summed E-state index contributed by atoms with van der Waals surface area (Å²) in [5, 5.41) is 6.97. The first kappa shape index (κ1) is 22.3. The Labute approximate surface area is 195 Å². The first-order valence-electron chi connectivity index (χ1n) is 10.2. The number of guanidine groups is 1. The molecule has 6 nitrogen and oxygen atoms in total. The molecule has 158 valence electrons. The summed E-state index contributed by atoms with van der Waals surface area (Å²) in [5.41, 5.74) is 2.74. The number of rotatable bonds is 6. The number of benzene rings is 1. The smallest absolute Gasteiger partial charge is 0.191 e. The standard InChI is InChI=1S/C23H28N6.HI/c1-24-22(27-16-19-9-10-21(26-15-19)29-14-13-25-18-29)28-17-23(11-5-6-12-23)20-7-3-2-4-8-20;/h2-4,7-10,13-15,18H,5-6,11-12,16-17H2,1H3,(H2,24,27,28);1H. The van der Waals surface area contributed by atoms with Crippen LogP contribution in [0.4, 0.5) is 0 Å². The third-order valence-corrected chi connectivity index (χ3v) is 5.80. The van der Waals surface area contributed by atoms with Crippen molar-refractivity contribution in [3.8, 4) is 5.82 Å². The molecule has 7 heteroatoms. The van der Waals surface area contributed by atoms with Gasteiger partial charge >= 0.3 is 0 Å². The molecule has 0 spiro atoms. The summed E-state index contributed by atoms with van der Waals surface area (Å²) in [4.78, 5) is 13.0. The van der Waals surface area contributed by atoms with Gasteiger partial charge in [0.15, 0.2) is 5.96 Å². The molecule has 0 bridgehead atoms. The number of aliphatic imine (C=N–C) groups is 1. The molecule has 0 amide bonds. The fourth-order valence-electron chi connectivity index (χ4n) is 4.14. The van der Waals surface area contributed by atoms with Crippen LogP contribution in [0.1, 0.15) is 36.8 Å². The van der Waals surface area contributed by atoms with Crippen molar-refractivity contribution in [3.05, 3.63) is 78.5 Å². The van der Waals surface area contributed by atoms with E-state index in [0.29, 0.717) is 6.54 Å². The predicted octanol–water partition coefficient (Wildman–Crippen LogP) is 4.06. The lowest BCUT2D eigenvalue weighted by atomic mass is 9.79. The van der Waals surface area contributed by atoms with Crippen LogP contribution in [-0.4, -0.2) is 34.1 Å². The van der Waals surface area contributed by atoms with Gasteiger partial charge in [0.1, 0.15) is 12.1 Å². The Morgan fingerprint density at radius 3 is 2.53 bits per heavy atom. The molecule has 2 aromatic heterocycles. The molecular weight excluding hydrogens is 487 g/mol. The van der Waals surface area contributed by atoms with Crippen molar-refractivity contribution in [1.29, 1.82) is 0 Å². The first-order chi connectivity index (χ1) is 14.3. The minimum atomic E-state index is 0. The summed E-state index contributed by atoms with van der Waals surface area (Å²) in [6.45, 7) is 1.57. The lowest BCUT2D eigenvalue weighted by Crippen LogP contribution is -2.44. The third kappa shape index (κ3) is 5.19. The number of pyridine rings is 1. The molecule has 1 fully saturated rings.